The summed E-state index contributed by atoms with van der Waals surface area (Å²) in [7, 11) is 0. The second-order valence-corrected chi connectivity index (χ2v) is 6.67. The largest absolute Gasteiger partial charge is 0.436 e. The van der Waals surface area contributed by atoms with Crippen molar-refractivity contribution in [1.82, 2.24) is 4.98 Å². The molecule has 0 bridgehead atoms. The lowest BCUT2D eigenvalue weighted by molar-refractivity contribution is -0.116. The second-order valence-electron chi connectivity index (χ2n) is 6.67. The fourth-order valence-electron chi connectivity index (χ4n) is 2.62. The molecule has 0 fully saturated rings. The van der Waals surface area contributed by atoms with E-state index in [9.17, 15) is 4.79 Å². The number of carbonyl (C=O) groups excluding carboxylic acids is 1. The van der Waals surface area contributed by atoms with Crippen molar-refractivity contribution in [1.29, 1.82) is 0 Å². The maximum absolute atomic E-state index is 12.1. The van der Waals surface area contributed by atoms with Gasteiger partial charge in [-0.15, -0.1) is 0 Å². The number of rotatable bonds is 4. The van der Waals surface area contributed by atoms with Crippen molar-refractivity contribution in [2.24, 2.45) is 5.92 Å². The molecule has 1 aromatic heterocycles. The molecule has 1 amide bonds. The van der Waals surface area contributed by atoms with Crippen molar-refractivity contribution in [3.63, 3.8) is 0 Å². The van der Waals surface area contributed by atoms with Crippen molar-refractivity contribution in [3.05, 3.63) is 47.5 Å². The number of nitrogens with one attached hydrogen (secondary N) is 1. The zero-order chi connectivity index (χ0) is 17.3. The lowest BCUT2D eigenvalue weighted by atomic mass is 10.1. The molecule has 0 atom stereocenters. The van der Waals surface area contributed by atoms with Gasteiger partial charge in [0.15, 0.2) is 5.58 Å². The minimum Gasteiger partial charge on any atom is -0.436 e. The molecule has 1 N–H and O–H groups in total. The first-order valence-corrected chi connectivity index (χ1v) is 8.20. The van der Waals surface area contributed by atoms with Crippen LogP contribution in [0.15, 0.2) is 40.8 Å². The smallest absolute Gasteiger partial charge is 0.227 e. The Balaban J connectivity index is 1.93. The maximum Gasteiger partial charge on any atom is 0.227 e. The highest BCUT2D eigenvalue weighted by molar-refractivity contribution is 5.92. The Hall–Kier alpha value is -2.62. The number of amides is 1. The Labute approximate surface area is 141 Å². The summed E-state index contributed by atoms with van der Waals surface area (Å²) in [5.74, 6) is 0.919. The number of hydrogen-bond donors (Lipinski definition) is 1. The molecule has 0 saturated heterocycles. The van der Waals surface area contributed by atoms with Crippen LogP contribution in [0.1, 0.15) is 31.4 Å². The molecule has 3 aromatic rings. The quantitative estimate of drug-likeness (QED) is 0.727. The number of carbonyl (C=O) groups is 1. The van der Waals surface area contributed by atoms with E-state index in [-0.39, 0.29) is 5.91 Å². The third-order valence-electron chi connectivity index (χ3n) is 3.90. The maximum atomic E-state index is 12.1. The van der Waals surface area contributed by atoms with E-state index in [1.165, 1.54) is 0 Å². The summed E-state index contributed by atoms with van der Waals surface area (Å²) in [5, 5.41) is 2.99. The zero-order valence-corrected chi connectivity index (χ0v) is 14.5. The molecule has 0 aliphatic rings. The first-order chi connectivity index (χ1) is 11.4. The Morgan fingerprint density at radius 2 is 1.96 bits per heavy atom. The normalized spacial score (nSPS) is 11.2. The summed E-state index contributed by atoms with van der Waals surface area (Å²) >= 11 is 0. The predicted molar refractivity (Wildman–Crippen MR) is 97.0 cm³/mol. The van der Waals surface area contributed by atoms with Gasteiger partial charge in [0.2, 0.25) is 11.8 Å². The molecule has 4 nitrogen and oxygen atoms in total. The molecule has 0 aliphatic heterocycles. The summed E-state index contributed by atoms with van der Waals surface area (Å²) in [6, 6.07) is 11.8. The van der Waals surface area contributed by atoms with Gasteiger partial charge in [-0.1, -0.05) is 26.0 Å². The van der Waals surface area contributed by atoms with Gasteiger partial charge in [-0.25, -0.2) is 4.98 Å². The Morgan fingerprint density at radius 1 is 1.17 bits per heavy atom. The lowest BCUT2D eigenvalue weighted by Crippen LogP contribution is -2.14. The van der Waals surface area contributed by atoms with Gasteiger partial charge in [-0.2, -0.15) is 0 Å². The number of anilines is 1. The van der Waals surface area contributed by atoms with Crippen LogP contribution in [0.4, 0.5) is 5.69 Å². The first-order valence-electron chi connectivity index (χ1n) is 8.20. The summed E-state index contributed by atoms with van der Waals surface area (Å²) in [6.07, 6.45) is 0.506. The van der Waals surface area contributed by atoms with E-state index in [0.29, 0.717) is 18.2 Å². The number of aromatic nitrogens is 1. The van der Waals surface area contributed by atoms with Gasteiger partial charge in [0.05, 0.1) is 0 Å². The standard InChI is InChI=1S/C20H22N2O2/c1-12(2)9-19(23)21-17-11-15(7-6-14(17)4)20-22-16-8-5-13(3)10-18(16)24-20/h5-8,10-12H,9H2,1-4H3,(H,21,23). The van der Waals surface area contributed by atoms with E-state index >= 15 is 0 Å². The van der Waals surface area contributed by atoms with Gasteiger partial charge < -0.3 is 9.73 Å². The second kappa shape index (κ2) is 6.48. The molecule has 124 valence electrons. The van der Waals surface area contributed by atoms with Crippen LogP contribution in [-0.2, 0) is 4.79 Å². The molecule has 3 rings (SSSR count). The summed E-state index contributed by atoms with van der Waals surface area (Å²) in [4.78, 5) is 16.6. The third kappa shape index (κ3) is 3.48. The molecule has 0 spiro atoms. The minimum absolute atomic E-state index is 0.0263. The van der Waals surface area contributed by atoms with Gasteiger partial charge in [-0.05, 0) is 55.2 Å². The topological polar surface area (TPSA) is 55.1 Å². The highest BCUT2D eigenvalue weighted by atomic mass is 16.3. The summed E-state index contributed by atoms with van der Waals surface area (Å²) in [6.45, 7) is 8.06. The molecule has 0 unspecified atom stereocenters. The van der Waals surface area contributed by atoms with Crippen LogP contribution in [0.3, 0.4) is 0 Å². The molecular weight excluding hydrogens is 300 g/mol. The van der Waals surface area contributed by atoms with Crippen molar-refractivity contribution < 1.29 is 9.21 Å². The zero-order valence-electron chi connectivity index (χ0n) is 14.5. The number of benzene rings is 2. The Bertz CT molecular complexity index is 894. The predicted octanol–water partition coefficient (Wildman–Crippen LogP) is 5.10. The number of nitrogens with zero attached hydrogens (tertiary/aromatic N) is 1. The van der Waals surface area contributed by atoms with Crippen molar-refractivity contribution >= 4 is 22.7 Å². The van der Waals surface area contributed by atoms with Crippen LogP contribution >= 0.6 is 0 Å². The molecule has 4 heteroatoms. The number of aryl methyl sites for hydroxylation is 2. The molecule has 0 radical (unpaired) electrons. The molecule has 2 aromatic carbocycles. The summed E-state index contributed by atoms with van der Waals surface area (Å²) in [5.41, 5.74) is 5.42. The molecule has 0 aliphatic carbocycles. The van der Waals surface area contributed by atoms with Crippen LogP contribution in [0, 0.1) is 19.8 Å². The van der Waals surface area contributed by atoms with Gasteiger partial charge in [0, 0.05) is 17.7 Å². The average molecular weight is 322 g/mol. The SMILES string of the molecule is Cc1ccc2nc(-c3ccc(C)c(NC(=O)CC(C)C)c3)oc2c1. The van der Waals surface area contributed by atoms with Crippen molar-refractivity contribution in [3.8, 4) is 11.5 Å². The Morgan fingerprint density at radius 3 is 2.71 bits per heavy atom. The van der Waals surface area contributed by atoms with Gasteiger partial charge in [0.1, 0.15) is 5.52 Å². The average Bonchev–Trinajstić information content (AvgIpc) is 2.91. The number of oxazole rings is 1. The molecule has 24 heavy (non-hydrogen) atoms. The molecule has 1 heterocycles. The fourth-order valence-corrected chi connectivity index (χ4v) is 2.62. The van der Waals surface area contributed by atoms with E-state index in [2.05, 4.69) is 10.3 Å². The van der Waals surface area contributed by atoms with Gasteiger partial charge in [0.25, 0.3) is 0 Å². The number of hydrogen-bond acceptors (Lipinski definition) is 3. The van der Waals surface area contributed by atoms with Crippen LogP contribution in [0.25, 0.3) is 22.6 Å². The van der Waals surface area contributed by atoms with Crippen molar-refractivity contribution in [2.75, 3.05) is 5.32 Å². The third-order valence-corrected chi connectivity index (χ3v) is 3.90. The van der Waals surface area contributed by atoms with E-state index in [0.717, 1.165) is 33.5 Å². The highest BCUT2D eigenvalue weighted by Gasteiger charge is 2.12. The summed E-state index contributed by atoms with van der Waals surface area (Å²) < 4.78 is 5.88. The van der Waals surface area contributed by atoms with E-state index in [1.54, 1.807) is 0 Å². The monoisotopic (exact) mass is 322 g/mol. The van der Waals surface area contributed by atoms with Crippen LogP contribution < -0.4 is 5.32 Å². The Kier molecular flexibility index (Phi) is 4.38. The van der Waals surface area contributed by atoms with Crippen LogP contribution in [-0.4, -0.2) is 10.9 Å². The van der Waals surface area contributed by atoms with Gasteiger partial charge >= 0.3 is 0 Å². The molecular formula is C20H22N2O2. The lowest BCUT2D eigenvalue weighted by Gasteiger charge is -2.10. The van der Waals surface area contributed by atoms with Crippen LogP contribution in [0.2, 0.25) is 0 Å². The van der Waals surface area contributed by atoms with E-state index in [1.807, 2.05) is 64.1 Å². The van der Waals surface area contributed by atoms with Gasteiger partial charge in [-0.3, -0.25) is 4.79 Å². The minimum atomic E-state index is 0.0263. The van der Waals surface area contributed by atoms with E-state index < -0.39 is 0 Å². The highest BCUT2D eigenvalue weighted by Crippen LogP contribution is 2.28. The number of fused-ring (bicyclic) bond motifs is 1. The van der Waals surface area contributed by atoms with Crippen LogP contribution in [0.5, 0.6) is 0 Å². The fraction of sp³-hybridized carbons (Fsp3) is 0.300. The van der Waals surface area contributed by atoms with E-state index in [4.69, 9.17) is 4.42 Å². The first kappa shape index (κ1) is 16.2. The molecule has 0 saturated carbocycles. The van der Waals surface area contributed by atoms with Crippen molar-refractivity contribution in [2.45, 2.75) is 34.1 Å².